The zero-order valence-electron chi connectivity index (χ0n) is 5.72. The highest BCUT2D eigenvalue weighted by atomic mass is 16.5. The molecule has 0 rings (SSSR count). The molecule has 0 spiro atoms. The highest BCUT2D eigenvalue weighted by Crippen LogP contribution is 1.81. The van der Waals surface area contributed by atoms with Gasteiger partial charge in [-0.1, -0.05) is 0 Å². The van der Waals surface area contributed by atoms with Crippen LogP contribution >= 0.6 is 0 Å². The van der Waals surface area contributed by atoms with Gasteiger partial charge in [-0.2, -0.15) is 0 Å². The van der Waals surface area contributed by atoms with Gasteiger partial charge in [0.05, 0.1) is 6.61 Å². The minimum atomic E-state index is 0.394. The van der Waals surface area contributed by atoms with Crippen LogP contribution in [0.2, 0.25) is 0 Å². The van der Waals surface area contributed by atoms with E-state index in [1.54, 1.807) is 13.3 Å². The number of methoxy groups -OCH3 is 1. The van der Waals surface area contributed by atoms with E-state index in [4.69, 9.17) is 4.74 Å². The molecule has 0 aromatic carbocycles. The summed E-state index contributed by atoms with van der Waals surface area (Å²) in [7, 11) is 1.66. The molecule has 2 nitrogen and oxygen atoms in total. The van der Waals surface area contributed by atoms with Crippen molar-refractivity contribution in [2.24, 2.45) is 4.99 Å². The Kier molecular flexibility index (Phi) is 4.56. The highest BCUT2D eigenvalue weighted by Gasteiger charge is 1.80. The molecular weight excluding hydrogens is 102 g/mol. The lowest BCUT2D eigenvalue weighted by Crippen LogP contribution is -1.93. The van der Waals surface area contributed by atoms with E-state index < -0.39 is 0 Å². The van der Waals surface area contributed by atoms with Crippen LogP contribution in [0.4, 0.5) is 0 Å². The molecule has 0 fully saturated rings. The van der Waals surface area contributed by atoms with E-state index >= 15 is 0 Å². The maximum atomic E-state index is 4.74. The van der Waals surface area contributed by atoms with Gasteiger partial charge in [0.25, 0.3) is 0 Å². The molecule has 0 aliphatic rings. The summed E-state index contributed by atoms with van der Waals surface area (Å²) in [6, 6.07) is 0.394. The van der Waals surface area contributed by atoms with E-state index in [1.807, 2.05) is 13.8 Å². The second kappa shape index (κ2) is 4.78. The Morgan fingerprint density at radius 3 is 2.62 bits per heavy atom. The van der Waals surface area contributed by atoms with E-state index in [2.05, 4.69) is 4.99 Å². The van der Waals surface area contributed by atoms with Crippen molar-refractivity contribution in [3.63, 3.8) is 0 Å². The van der Waals surface area contributed by atoms with Gasteiger partial charge >= 0.3 is 0 Å². The van der Waals surface area contributed by atoms with E-state index in [0.717, 1.165) is 0 Å². The van der Waals surface area contributed by atoms with Crippen molar-refractivity contribution < 1.29 is 4.74 Å². The van der Waals surface area contributed by atoms with Gasteiger partial charge in [-0.3, -0.25) is 4.99 Å². The molecule has 48 valence electrons. The Morgan fingerprint density at radius 2 is 2.25 bits per heavy atom. The zero-order valence-corrected chi connectivity index (χ0v) is 5.72. The third kappa shape index (κ3) is 5.63. The summed E-state index contributed by atoms with van der Waals surface area (Å²) < 4.78 is 4.74. The molecular formula is C6H13NO. The van der Waals surface area contributed by atoms with Crippen molar-refractivity contribution in [2.75, 3.05) is 13.7 Å². The number of aliphatic imine (C=N–C) groups is 1. The van der Waals surface area contributed by atoms with Gasteiger partial charge in [0.2, 0.25) is 0 Å². The molecule has 0 aliphatic heterocycles. The van der Waals surface area contributed by atoms with Crippen molar-refractivity contribution in [1.29, 1.82) is 0 Å². The molecule has 0 atom stereocenters. The smallest absolute Gasteiger partial charge is 0.0810 e. The Bertz CT molecular complexity index is 68.9. The first kappa shape index (κ1) is 7.63. The van der Waals surface area contributed by atoms with Crippen LogP contribution in [0.25, 0.3) is 0 Å². The van der Waals surface area contributed by atoms with Crippen LogP contribution in [0.15, 0.2) is 4.99 Å². The lowest BCUT2D eigenvalue weighted by Gasteiger charge is -1.92. The zero-order chi connectivity index (χ0) is 6.41. The van der Waals surface area contributed by atoms with Crippen LogP contribution in [0, 0.1) is 0 Å². The Hall–Kier alpha value is -0.370. The summed E-state index contributed by atoms with van der Waals surface area (Å²) in [6.45, 7) is 4.69. The van der Waals surface area contributed by atoms with E-state index in [-0.39, 0.29) is 0 Å². The molecule has 0 bridgehead atoms. The van der Waals surface area contributed by atoms with E-state index in [9.17, 15) is 0 Å². The van der Waals surface area contributed by atoms with Crippen molar-refractivity contribution in [2.45, 2.75) is 19.9 Å². The van der Waals surface area contributed by atoms with Crippen molar-refractivity contribution in [3.8, 4) is 0 Å². The minimum Gasteiger partial charge on any atom is -0.379 e. The van der Waals surface area contributed by atoms with Crippen LogP contribution in [-0.4, -0.2) is 26.0 Å². The van der Waals surface area contributed by atoms with Crippen molar-refractivity contribution in [1.82, 2.24) is 0 Å². The Balaban J connectivity index is 3.07. The van der Waals surface area contributed by atoms with Gasteiger partial charge in [0.1, 0.15) is 0 Å². The van der Waals surface area contributed by atoms with Crippen LogP contribution in [0.5, 0.6) is 0 Å². The van der Waals surface area contributed by atoms with Crippen LogP contribution in [0.1, 0.15) is 13.8 Å². The molecule has 8 heavy (non-hydrogen) atoms. The van der Waals surface area contributed by atoms with Gasteiger partial charge in [0, 0.05) is 19.4 Å². The number of ether oxygens (including phenoxy) is 1. The Morgan fingerprint density at radius 1 is 1.62 bits per heavy atom. The molecule has 0 unspecified atom stereocenters. The fourth-order valence-electron chi connectivity index (χ4n) is 0.328. The quantitative estimate of drug-likeness (QED) is 0.505. The predicted molar refractivity (Wildman–Crippen MR) is 35.5 cm³/mol. The van der Waals surface area contributed by atoms with Crippen LogP contribution < -0.4 is 0 Å². The number of hydrogen-bond acceptors (Lipinski definition) is 2. The molecule has 0 N–H and O–H groups in total. The van der Waals surface area contributed by atoms with Crippen LogP contribution in [-0.2, 0) is 4.74 Å². The topological polar surface area (TPSA) is 21.6 Å². The predicted octanol–water partition coefficient (Wildman–Crippen LogP) is 1.11. The van der Waals surface area contributed by atoms with Crippen molar-refractivity contribution in [3.05, 3.63) is 0 Å². The fourth-order valence-corrected chi connectivity index (χ4v) is 0.328. The molecule has 0 aromatic rings. The number of hydrogen-bond donors (Lipinski definition) is 0. The summed E-state index contributed by atoms with van der Waals surface area (Å²) in [6.07, 6.45) is 1.78. The summed E-state index contributed by atoms with van der Waals surface area (Å²) in [5.41, 5.74) is 0. The molecule has 2 heteroatoms. The monoisotopic (exact) mass is 115 g/mol. The normalized spacial score (nSPS) is 11.5. The number of rotatable bonds is 3. The largest absolute Gasteiger partial charge is 0.379 e. The third-order valence-electron chi connectivity index (χ3n) is 0.645. The first-order valence-corrected chi connectivity index (χ1v) is 2.78. The second-order valence-corrected chi connectivity index (χ2v) is 1.88. The maximum absolute atomic E-state index is 4.74. The first-order chi connectivity index (χ1) is 3.77. The van der Waals surface area contributed by atoms with Crippen LogP contribution in [0.3, 0.4) is 0 Å². The molecule has 0 saturated carbocycles. The van der Waals surface area contributed by atoms with Crippen molar-refractivity contribution >= 4 is 6.21 Å². The lowest BCUT2D eigenvalue weighted by molar-refractivity contribution is 0.248. The average Bonchev–Trinajstić information content (AvgIpc) is 1.66. The molecule has 0 saturated heterocycles. The van der Waals surface area contributed by atoms with Gasteiger partial charge in [-0.15, -0.1) is 0 Å². The molecule has 0 aliphatic carbocycles. The first-order valence-electron chi connectivity index (χ1n) is 2.78. The summed E-state index contributed by atoms with van der Waals surface area (Å²) in [5.74, 6) is 0. The highest BCUT2D eigenvalue weighted by molar-refractivity contribution is 5.58. The Labute approximate surface area is 50.6 Å². The van der Waals surface area contributed by atoms with E-state index in [1.165, 1.54) is 0 Å². The number of nitrogens with zero attached hydrogens (tertiary/aromatic N) is 1. The van der Waals surface area contributed by atoms with Gasteiger partial charge in [-0.25, -0.2) is 0 Å². The fraction of sp³-hybridized carbons (Fsp3) is 0.833. The summed E-state index contributed by atoms with van der Waals surface area (Å²) >= 11 is 0. The van der Waals surface area contributed by atoms with Gasteiger partial charge in [-0.05, 0) is 13.8 Å². The molecule has 0 heterocycles. The molecule has 0 aromatic heterocycles. The second-order valence-electron chi connectivity index (χ2n) is 1.88. The van der Waals surface area contributed by atoms with Gasteiger partial charge < -0.3 is 4.74 Å². The van der Waals surface area contributed by atoms with Gasteiger partial charge in [0.15, 0.2) is 0 Å². The standard InChI is InChI=1S/C6H13NO/c1-6(2)7-4-5-8-3/h4,6H,5H2,1-3H3/b7-4+. The maximum Gasteiger partial charge on any atom is 0.0810 e. The minimum absolute atomic E-state index is 0.394. The molecule has 0 radical (unpaired) electrons. The summed E-state index contributed by atoms with van der Waals surface area (Å²) in [5, 5.41) is 0. The lowest BCUT2D eigenvalue weighted by atomic mass is 10.4. The molecule has 0 amide bonds. The average molecular weight is 115 g/mol. The summed E-state index contributed by atoms with van der Waals surface area (Å²) in [4.78, 5) is 4.06. The third-order valence-corrected chi connectivity index (χ3v) is 0.645. The SMILES string of the molecule is COC/C=N/C(C)C. The van der Waals surface area contributed by atoms with E-state index in [0.29, 0.717) is 12.6 Å².